The van der Waals surface area contributed by atoms with Gasteiger partial charge in [0, 0.05) is 51.5 Å². The lowest BCUT2D eigenvalue weighted by Crippen LogP contribution is -2.39. The second-order valence-electron chi connectivity index (χ2n) is 5.25. The first-order chi connectivity index (χ1) is 10.7. The second kappa shape index (κ2) is 7.72. The molecule has 7 nitrogen and oxygen atoms in total. The van der Waals surface area contributed by atoms with E-state index < -0.39 is 0 Å². The number of carbonyl (C=O) groups excluding carboxylic acids is 2. The van der Waals surface area contributed by atoms with Crippen molar-refractivity contribution in [3.8, 4) is 0 Å². The Morgan fingerprint density at radius 1 is 1.41 bits per heavy atom. The number of carbonyl (C=O) groups is 2. The molecule has 22 heavy (non-hydrogen) atoms. The molecular weight excluding hydrogens is 282 g/mol. The molecule has 2 amide bonds. The van der Waals surface area contributed by atoms with Gasteiger partial charge in [-0.25, -0.2) is 9.97 Å². The molecule has 0 saturated carbocycles. The second-order valence-corrected chi connectivity index (χ2v) is 5.25. The van der Waals surface area contributed by atoms with Crippen LogP contribution in [0.15, 0.2) is 18.5 Å². The van der Waals surface area contributed by atoms with Gasteiger partial charge in [-0.05, 0) is 19.9 Å². The molecule has 2 rings (SSSR count). The minimum atomic E-state index is -0.226. The highest BCUT2D eigenvalue weighted by Crippen LogP contribution is 2.17. The van der Waals surface area contributed by atoms with Gasteiger partial charge in [0.1, 0.15) is 0 Å². The summed E-state index contributed by atoms with van der Waals surface area (Å²) >= 11 is 0. The summed E-state index contributed by atoms with van der Waals surface area (Å²) in [7, 11) is 0. The summed E-state index contributed by atoms with van der Waals surface area (Å²) in [6.07, 6.45) is 3.72. The molecule has 1 fully saturated rings. The van der Waals surface area contributed by atoms with E-state index in [0.717, 1.165) is 6.54 Å². The maximum Gasteiger partial charge on any atom is 0.225 e. The Morgan fingerprint density at radius 2 is 2.14 bits per heavy atom. The minimum absolute atomic E-state index is 0.0469. The van der Waals surface area contributed by atoms with Gasteiger partial charge in [0.25, 0.3) is 0 Å². The van der Waals surface area contributed by atoms with Gasteiger partial charge in [-0.3, -0.25) is 9.59 Å². The molecule has 1 atom stereocenters. The van der Waals surface area contributed by atoms with E-state index in [4.69, 9.17) is 0 Å². The van der Waals surface area contributed by atoms with E-state index in [1.807, 2.05) is 18.7 Å². The van der Waals surface area contributed by atoms with Crippen LogP contribution in [-0.2, 0) is 9.59 Å². The lowest BCUT2D eigenvalue weighted by Gasteiger charge is -2.21. The van der Waals surface area contributed by atoms with Crippen LogP contribution >= 0.6 is 0 Å². The standard InChI is InChI=1S/C15H23N5O2/c1-3-19(15-17-6-5-7-18-15)9-8-16-14(22)12-10-13(21)20(4-2)11-12/h5-7,12H,3-4,8-11H2,1-2H3,(H,16,22). The molecule has 1 N–H and O–H groups in total. The Hall–Kier alpha value is -2.18. The van der Waals surface area contributed by atoms with E-state index in [-0.39, 0.29) is 17.7 Å². The number of amides is 2. The molecule has 0 spiro atoms. The zero-order valence-corrected chi connectivity index (χ0v) is 13.2. The van der Waals surface area contributed by atoms with E-state index in [1.165, 1.54) is 0 Å². The first kappa shape index (κ1) is 16.2. The first-order valence-electron chi connectivity index (χ1n) is 7.73. The number of hydrogen-bond donors (Lipinski definition) is 1. The largest absolute Gasteiger partial charge is 0.354 e. The van der Waals surface area contributed by atoms with Crippen LogP contribution < -0.4 is 10.2 Å². The molecule has 0 bridgehead atoms. The molecule has 1 aromatic rings. The summed E-state index contributed by atoms with van der Waals surface area (Å²) in [5.74, 6) is 0.452. The molecule has 0 aromatic carbocycles. The van der Waals surface area contributed by atoms with Crippen LogP contribution in [0.1, 0.15) is 20.3 Å². The number of likely N-dealkylation sites (N-methyl/N-ethyl adjacent to an activating group) is 1. The Morgan fingerprint density at radius 3 is 2.73 bits per heavy atom. The van der Waals surface area contributed by atoms with Gasteiger partial charge in [-0.15, -0.1) is 0 Å². The van der Waals surface area contributed by atoms with Crippen LogP contribution in [0.25, 0.3) is 0 Å². The topological polar surface area (TPSA) is 78.4 Å². The molecule has 2 heterocycles. The fourth-order valence-corrected chi connectivity index (χ4v) is 2.57. The van der Waals surface area contributed by atoms with Crippen LogP contribution in [0.5, 0.6) is 0 Å². The van der Waals surface area contributed by atoms with E-state index in [1.54, 1.807) is 23.4 Å². The highest BCUT2D eigenvalue weighted by molar-refractivity contribution is 5.89. The van der Waals surface area contributed by atoms with Gasteiger partial charge in [0.2, 0.25) is 17.8 Å². The highest BCUT2D eigenvalue weighted by atomic mass is 16.2. The molecule has 0 aliphatic carbocycles. The molecule has 1 aliphatic heterocycles. The third-order valence-corrected chi connectivity index (χ3v) is 3.86. The maximum atomic E-state index is 12.1. The number of nitrogens with one attached hydrogen (secondary N) is 1. The van der Waals surface area contributed by atoms with Crippen molar-refractivity contribution in [3.05, 3.63) is 18.5 Å². The van der Waals surface area contributed by atoms with Crippen LogP contribution in [0.3, 0.4) is 0 Å². The van der Waals surface area contributed by atoms with Gasteiger partial charge < -0.3 is 15.1 Å². The number of aromatic nitrogens is 2. The zero-order valence-electron chi connectivity index (χ0n) is 13.2. The summed E-state index contributed by atoms with van der Waals surface area (Å²) in [6.45, 7) is 7.07. The lowest BCUT2D eigenvalue weighted by atomic mass is 10.1. The number of likely N-dealkylation sites (tertiary alicyclic amines) is 1. The van der Waals surface area contributed by atoms with Gasteiger partial charge >= 0.3 is 0 Å². The van der Waals surface area contributed by atoms with E-state index in [9.17, 15) is 9.59 Å². The molecule has 1 saturated heterocycles. The predicted molar refractivity (Wildman–Crippen MR) is 83.3 cm³/mol. The molecule has 120 valence electrons. The van der Waals surface area contributed by atoms with Gasteiger partial charge in [-0.1, -0.05) is 0 Å². The highest BCUT2D eigenvalue weighted by Gasteiger charge is 2.33. The van der Waals surface area contributed by atoms with Crippen LogP contribution in [0.4, 0.5) is 5.95 Å². The van der Waals surface area contributed by atoms with E-state index >= 15 is 0 Å². The summed E-state index contributed by atoms with van der Waals surface area (Å²) in [4.78, 5) is 35.9. The van der Waals surface area contributed by atoms with Crippen molar-refractivity contribution < 1.29 is 9.59 Å². The number of hydrogen-bond acceptors (Lipinski definition) is 5. The number of rotatable bonds is 7. The van der Waals surface area contributed by atoms with Gasteiger partial charge in [-0.2, -0.15) is 0 Å². The van der Waals surface area contributed by atoms with Crippen molar-refractivity contribution >= 4 is 17.8 Å². The molecule has 1 unspecified atom stereocenters. The van der Waals surface area contributed by atoms with Crippen LogP contribution in [-0.4, -0.2) is 59.4 Å². The molecule has 1 aliphatic rings. The summed E-state index contributed by atoms with van der Waals surface area (Å²) in [6, 6.07) is 1.77. The Balaban J connectivity index is 1.78. The Labute approximate surface area is 130 Å². The zero-order chi connectivity index (χ0) is 15.9. The minimum Gasteiger partial charge on any atom is -0.354 e. The van der Waals surface area contributed by atoms with Crippen molar-refractivity contribution in [2.45, 2.75) is 20.3 Å². The summed E-state index contributed by atoms with van der Waals surface area (Å²) < 4.78 is 0. The van der Waals surface area contributed by atoms with Crippen LogP contribution in [0, 0.1) is 5.92 Å². The number of anilines is 1. The van der Waals surface area contributed by atoms with E-state index in [2.05, 4.69) is 15.3 Å². The SMILES string of the molecule is CCN1CC(C(=O)NCCN(CC)c2ncccn2)CC1=O. The third-order valence-electron chi connectivity index (χ3n) is 3.86. The van der Waals surface area contributed by atoms with E-state index in [0.29, 0.717) is 38.5 Å². The maximum absolute atomic E-state index is 12.1. The first-order valence-corrected chi connectivity index (χ1v) is 7.73. The average Bonchev–Trinajstić information content (AvgIpc) is 2.93. The summed E-state index contributed by atoms with van der Waals surface area (Å²) in [5.41, 5.74) is 0. The quantitative estimate of drug-likeness (QED) is 0.783. The van der Waals surface area contributed by atoms with Crippen molar-refractivity contribution in [3.63, 3.8) is 0 Å². The third kappa shape index (κ3) is 3.93. The monoisotopic (exact) mass is 305 g/mol. The molecule has 0 radical (unpaired) electrons. The number of nitrogens with zero attached hydrogens (tertiary/aromatic N) is 4. The predicted octanol–water partition coefficient (Wildman–Crippen LogP) is 0.288. The van der Waals surface area contributed by atoms with Crippen molar-refractivity contribution in [2.75, 3.05) is 37.6 Å². The molecular formula is C15H23N5O2. The van der Waals surface area contributed by atoms with Crippen molar-refractivity contribution in [1.82, 2.24) is 20.2 Å². The van der Waals surface area contributed by atoms with Crippen molar-refractivity contribution in [2.24, 2.45) is 5.92 Å². The molecule has 7 heteroatoms. The fraction of sp³-hybridized carbons (Fsp3) is 0.600. The lowest BCUT2D eigenvalue weighted by molar-refractivity contribution is -0.128. The van der Waals surface area contributed by atoms with Gasteiger partial charge in [0.15, 0.2) is 0 Å². The smallest absolute Gasteiger partial charge is 0.225 e. The Kier molecular flexibility index (Phi) is 5.68. The summed E-state index contributed by atoms with van der Waals surface area (Å²) in [5, 5.41) is 2.91. The Bertz CT molecular complexity index is 508. The normalized spacial score (nSPS) is 17.6. The van der Waals surface area contributed by atoms with Gasteiger partial charge in [0.05, 0.1) is 5.92 Å². The molecule has 1 aromatic heterocycles. The van der Waals surface area contributed by atoms with Crippen molar-refractivity contribution in [1.29, 1.82) is 0 Å². The fourth-order valence-electron chi connectivity index (χ4n) is 2.57. The van der Waals surface area contributed by atoms with Crippen LogP contribution in [0.2, 0.25) is 0 Å². The average molecular weight is 305 g/mol.